The molecule has 0 N–H and O–H groups in total. The van der Waals surface area contributed by atoms with Gasteiger partial charge in [-0.2, -0.15) is 0 Å². The Kier molecular flexibility index (Phi) is 8.66. The predicted octanol–water partition coefficient (Wildman–Crippen LogP) is 6.68. The van der Waals surface area contributed by atoms with E-state index >= 15 is 0 Å². The Hall–Kier alpha value is -2.65. The van der Waals surface area contributed by atoms with E-state index in [1.165, 1.54) is 35.1 Å². The van der Waals surface area contributed by atoms with Crippen molar-refractivity contribution in [2.45, 2.75) is 59.5 Å². The van der Waals surface area contributed by atoms with Gasteiger partial charge in [0.1, 0.15) is 5.75 Å². The number of aromatic nitrogens is 1. The van der Waals surface area contributed by atoms with Gasteiger partial charge in [-0.3, -0.25) is 9.88 Å². The van der Waals surface area contributed by atoms with E-state index in [0.717, 1.165) is 49.5 Å². The Balaban J connectivity index is 1.90. The standard InChI is InChI=1S/C28H36N2O/c1-5-8-17-30(20-22-13-10-9-11-14-22)21-25-19-29-26(18-27(25)31-4)28-23(6-2)15-12-16-24(28)7-3/h9-16,18-19H,5-8,17,20-21H2,1-4H3. The number of ether oxygens (including phenoxy) is 1. The second kappa shape index (κ2) is 11.7. The zero-order valence-electron chi connectivity index (χ0n) is 19.5. The average molecular weight is 417 g/mol. The van der Waals surface area contributed by atoms with Crippen molar-refractivity contribution in [1.29, 1.82) is 0 Å². The molecule has 3 nitrogen and oxygen atoms in total. The van der Waals surface area contributed by atoms with Gasteiger partial charge in [0.2, 0.25) is 0 Å². The fourth-order valence-electron chi connectivity index (χ4n) is 4.16. The first-order chi connectivity index (χ1) is 15.2. The van der Waals surface area contributed by atoms with E-state index in [2.05, 4.69) is 80.3 Å². The molecule has 0 saturated carbocycles. The maximum Gasteiger partial charge on any atom is 0.127 e. The number of methoxy groups -OCH3 is 1. The molecule has 0 aliphatic rings. The fraction of sp³-hybridized carbons (Fsp3) is 0.393. The number of unbranched alkanes of at least 4 members (excludes halogenated alkanes) is 1. The van der Waals surface area contributed by atoms with Gasteiger partial charge in [0.25, 0.3) is 0 Å². The van der Waals surface area contributed by atoms with Crippen molar-refractivity contribution in [3.05, 3.63) is 83.0 Å². The first kappa shape index (κ1) is 23.0. The van der Waals surface area contributed by atoms with Gasteiger partial charge >= 0.3 is 0 Å². The number of hydrogen-bond donors (Lipinski definition) is 0. The van der Waals surface area contributed by atoms with Crippen molar-refractivity contribution >= 4 is 0 Å². The molecule has 1 heterocycles. The molecule has 3 rings (SSSR count). The third kappa shape index (κ3) is 5.95. The van der Waals surface area contributed by atoms with E-state index in [1.54, 1.807) is 7.11 Å². The predicted molar refractivity (Wildman–Crippen MR) is 130 cm³/mol. The van der Waals surface area contributed by atoms with Crippen LogP contribution in [0.5, 0.6) is 5.75 Å². The molecule has 0 atom stereocenters. The lowest BCUT2D eigenvalue weighted by molar-refractivity contribution is 0.248. The average Bonchev–Trinajstić information content (AvgIpc) is 2.82. The van der Waals surface area contributed by atoms with Gasteiger partial charge in [-0.1, -0.05) is 75.7 Å². The second-order valence-electron chi connectivity index (χ2n) is 8.09. The summed E-state index contributed by atoms with van der Waals surface area (Å²) in [5, 5.41) is 0. The van der Waals surface area contributed by atoms with Crippen LogP contribution in [0.3, 0.4) is 0 Å². The van der Waals surface area contributed by atoms with Gasteiger partial charge in [-0.15, -0.1) is 0 Å². The smallest absolute Gasteiger partial charge is 0.127 e. The molecule has 0 unspecified atom stereocenters. The van der Waals surface area contributed by atoms with Crippen molar-refractivity contribution < 1.29 is 4.74 Å². The number of hydrogen-bond acceptors (Lipinski definition) is 3. The molecule has 0 amide bonds. The van der Waals surface area contributed by atoms with E-state index in [4.69, 9.17) is 9.72 Å². The zero-order chi connectivity index (χ0) is 22.1. The molecule has 2 aromatic carbocycles. The molecule has 0 aliphatic carbocycles. The van der Waals surface area contributed by atoms with Gasteiger partial charge in [0.15, 0.2) is 0 Å². The lowest BCUT2D eigenvalue weighted by Crippen LogP contribution is -2.24. The van der Waals surface area contributed by atoms with Gasteiger partial charge in [0.05, 0.1) is 12.8 Å². The van der Waals surface area contributed by atoms with Gasteiger partial charge in [0, 0.05) is 36.5 Å². The van der Waals surface area contributed by atoms with Crippen molar-refractivity contribution in [2.75, 3.05) is 13.7 Å². The van der Waals surface area contributed by atoms with E-state index in [-0.39, 0.29) is 0 Å². The number of aryl methyl sites for hydroxylation is 2. The second-order valence-corrected chi connectivity index (χ2v) is 8.09. The lowest BCUT2D eigenvalue weighted by atomic mass is 9.94. The van der Waals surface area contributed by atoms with Crippen molar-refractivity contribution in [3.8, 4) is 17.0 Å². The number of nitrogens with zero attached hydrogens (tertiary/aromatic N) is 2. The molecule has 0 fully saturated rings. The number of rotatable bonds is 11. The summed E-state index contributed by atoms with van der Waals surface area (Å²) in [5.74, 6) is 0.924. The minimum absolute atomic E-state index is 0.835. The highest BCUT2D eigenvalue weighted by Crippen LogP contribution is 2.31. The Morgan fingerprint density at radius 1 is 0.839 bits per heavy atom. The van der Waals surface area contributed by atoms with Crippen LogP contribution in [0.2, 0.25) is 0 Å². The maximum atomic E-state index is 5.84. The van der Waals surface area contributed by atoms with Gasteiger partial charge in [-0.05, 0) is 42.5 Å². The van der Waals surface area contributed by atoms with E-state index in [0.29, 0.717) is 0 Å². The third-order valence-corrected chi connectivity index (χ3v) is 5.89. The molecule has 3 aromatic rings. The first-order valence-corrected chi connectivity index (χ1v) is 11.6. The molecule has 0 aliphatic heterocycles. The molecular formula is C28H36N2O. The first-order valence-electron chi connectivity index (χ1n) is 11.6. The Morgan fingerprint density at radius 2 is 1.55 bits per heavy atom. The maximum absolute atomic E-state index is 5.84. The Labute approximate surface area is 188 Å². The highest BCUT2D eigenvalue weighted by Gasteiger charge is 2.15. The van der Waals surface area contributed by atoms with Crippen LogP contribution in [-0.4, -0.2) is 23.5 Å². The summed E-state index contributed by atoms with van der Waals surface area (Å²) in [4.78, 5) is 7.40. The lowest BCUT2D eigenvalue weighted by Gasteiger charge is -2.24. The zero-order valence-corrected chi connectivity index (χ0v) is 19.5. The summed E-state index contributed by atoms with van der Waals surface area (Å²) >= 11 is 0. The molecule has 164 valence electrons. The van der Waals surface area contributed by atoms with Gasteiger partial charge < -0.3 is 4.74 Å². The van der Waals surface area contributed by atoms with Crippen LogP contribution in [0.15, 0.2) is 60.8 Å². The van der Waals surface area contributed by atoms with E-state index in [9.17, 15) is 0 Å². The highest BCUT2D eigenvalue weighted by atomic mass is 16.5. The van der Waals surface area contributed by atoms with Crippen molar-refractivity contribution in [3.63, 3.8) is 0 Å². The van der Waals surface area contributed by atoms with Crippen molar-refractivity contribution in [1.82, 2.24) is 9.88 Å². The molecule has 0 radical (unpaired) electrons. The van der Waals surface area contributed by atoms with E-state index in [1.807, 2.05) is 6.20 Å². The Morgan fingerprint density at radius 3 is 2.16 bits per heavy atom. The van der Waals surface area contributed by atoms with Crippen LogP contribution in [0, 0.1) is 0 Å². The molecule has 3 heteroatoms. The molecule has 0 saturated heterocycles. The topological polar surface area (TPSA) is 25.4 Å². The number of pyridine rings is 1. The highest BCUT2D eigenvalue weighted by molar-refractivity contribution is 5.69. The molecule has 1 aromatic heterocycles. The largest absolute Gasteiger partial charge is 0.496 e. The summed E-state index contributed by atoms with van der Waals surface area (Å²) in [6.45, 7) is 9.49. The minimum Gasteiger partial charge on any atom is -0.496 e. The molecular weight excluding hydrogens is 380 g/mol. The Bertz CT molecular complexity index is 930. The summed E-state index contributed by atoms with van der Waals surface area (Å²) in [7, 11) is 1.77. The summed E-state index contributed by atoms with van der Waals surface area (Å²) < 4.78 is 5.84. The van der Waals surface area contributed by atoms with Crippen LogP contribution in [0.4, 0.5) is 0 Å². The summed E-state index contributed by atoms with van der Waals surface area (Å²) in [6.07, 6.45) is 6.38. The molecule has 31 heavy (non-hydrogen) atoms. The quantitative estimate of drug-likeness (QED) is 0.348. The van der Waals surface area contributed by atoms with Crippen LogP contribution >= 0.6 is 0 Å². The van der Waals surface area contributed by atoms with Crippen LogP contribution < -0.4 is 4.74 Å². The summed E-state index contributed by atoms with van der Waals surface area (Å²) in [5.41, 5.74) is 7.45. The number of benzene rings is 2. The third-order valence-electron chi connectivity index (χ3n) is 5.89. The van der Waals surface area contributed by atoms with Crippen LogP contribution in [0.1, 0.15) is 55.9 Å². The minimum atomic E-state index is 0.835. The van der Waals surface area contributed by atoms with Gasteiger partial charge in [-0.25, -0.2) is 0 Å². The SMILES string of the molecule is CCCCN(Cc1ccccc1)Cc1cnc(-c2c(CC)cccc2CC)cc1OC. The molecule has 0 spiro atoms. The monoisotopic (exact) mass is 416 g/mol. The van der Waals surface area contributed by atoms with Crippen LogP contribution in [0.25, 0.3) is 11.3 Å². The molecule has 0 bridgehead atoms. The summed E-state index contributed by atoms with van der Waals surface area (Å²) in [6, 6.07) is 19.4. The van der Waals surface area contributed by atoms with E-state index < -0.39 is 0 Å². The normalized spacial score (nSPS) is 11.1. The van der Waals surface area contributed by atoms with Crippen molar-refractivity contribution in [2.24, 2.45) is 0 Å². The fourth-order valence-corrected chi connectivity index (χ4v) is 4.16. The van der Waals surface area contributed by atoms with Crippen LogP contribution in [-0.2, 0) is 25.9 Å².